The zero-order chi connectivity index (χ0) is 16.5. The van der Waals surface area contributed by atoms with Crippen LogP contribution in [-0.4, -0.2) is 32.1 Å². The minimum absolute atomic E-state index is 0.122. The highest BCUT2D eigenvalue weighted by Gasteiger charge is 2.08. The maximum atomic E-state index is 11.7. The monoisotopic (exact) mass is 314 g/mol. The Balaban J connectivity index is 1.74. The van der Waals surface area contributed by atoms with Crippen molar-refractivity contribution in [1.82, 2.24) is 5.32 Å². The number of hydrogen-bond donors (Lipinski definition) is 2. The molecule has 2 rings (SSSR count). The summed E-state index contributed by atoms with van der Waals surface area (Å²) in [6, 6.07) is 16.0. The number of hydrogen-bond acceptors (Lipinski definition) is 4. The molecule has 6 heteroatoms. The van der Waals surface area contributed by atoms with E-state index in [0.717, 1.165) is 0 Å². The standard InChI is InChI=1S/C17H18N2O4/c1-22-14-9-5-6-10-15(14)23-12-17(21)18-11-16(20)19-13-7-3-2-4-8-13/h2-10H,11-12H2,1H3,(H,18,21)(H,19,20). The second-order valence-corrected chi connectivity index (χ2v) is 4.63. The first-order valence-electron chi connectivity index (χ1n) is 7.06. The van der Waals surface area contributed by atoms with Crippen LogP contribution >= 0.6 is 0 Å². The fraction of sp³-hybridized carbons (Fsp3) is 0.176. The summed E-state index contributed by atoms with van der Waals surface area (Å²) in [4.78, 5) is 23.4. The molecule has 2 aromatic rings. The van der Waals surface area contributed by atoms with Crippen molar-refractivity contribution in [3.8, 4) is 11.5 Å². The summed E-state index contributed by atoms with van der Waals surface area (Å²) in [7, 11) is 1.52. The van der Waals surface area contributed by atoms with E-state index in [1.807, 2.05) is 18.2 Å². The third-order valence-electron chi connectivity index (χ3n) is 2.93. The predicted octanol–water partition coefficient (Wildman–Crippen LogP) is 1.83. The van der Waals surface area contributed by atoms with E-state index in [9.17, 15) is 9.59 Å². The molecule has 0 aliphatic carbocycles. The van der Waals surface area contributed by atoms with Gasteiger partial charge in [-0.1, -0.05) is 30.3 Å². The third kappa shape index (κ3) is 5.35. The minimum atomic E-state index is -0.390. The number of nitrogens with one attached hydrogen (secondary N) is 2. The number of carbonyl (C=O) groups is 2. The molecule has 0 aromatic heterocycles. The van der Waals surface area contributed by atoms with Gasteiger partial charge in [0.25, 0.3) is 5.91 Å². The Morgan fingerprint density at radius 1 is 0.913 bits per heavy atom. The molecule has 23 heavy (non-hydrogen) atoms. The molecule has 0 heterocycles. The second kappa shape index (κ2) is 8.43. The lowest BCUT2D eigenvalue weighted by Gasteiger charge is -2.10. The lowest BCUT2D eigenvalue weighted by Crippen LogP contribution is -2.35. The smallest absolute Gasteiger partial charge is 0.258 e. The van der Waals surface area contributed by atoms with Gasteiger partial charge in [0.2, 0.25) is 5.91 Å². The molecule has 0 saturated heterocycles. The number of carbonyl (C=O) groups excluding carboxylic acids is 2. The molecular weight excluding hydrogens is 296 g/mol. The second-order valence-electron chi connectivity index (χ2n) is 4.63. The number of para-hydroxylation sites is 3. The summed E-state index contributed by atoms with van der Waals surface area (Å²) >= 11 is 0. The van der Waals surface area contributed by atoms with Gasteiger partial charge >= 0.3 is 0 Å². The average molecular weight is 314 g/mol. The van der Waals surface area contributed by atoms with Gasteiger partial charge < -0.3 is 20.1 Å². The SMILES string of the molecule is COc1ccccc1OCC(=O)NCC(=O)Nc1ccccc1. The van der Waals surface area contributed by atoms with Crippen molar-refractivity contribution in [3.63, 3.8) is 0 Å². The molecule has 0 aliphatic rings. The summed E-state index contributed by atoms with van der Waals surface area (Å²) < 4.78 is 10.5. The van der Waals surface area contributed by atoms with Crippen LogP contribution in [0.1, 0.15) is 0 Å². The first kappa shape index (κ1) is 16.4. The highest BCUT2D eigenvalue weighted by molar-refractivity contribution is 5.94. The van der Waals surface area contributed by atoms with Gasteiger partial charge in [0, 0.05) is 5.69 Å². The lowest BCUT2D eigenvalue weighted by atomic mass is 10.3. The highest BCUT2D eigenvalue weighted by atomic mass is 16.5. The van der Waals surface area contributed by atoms with Crippen LogP contribution in [0, 0.1) is 0 Å². The van der Waals surface area contributed by atoms with Crippen LogP contribution in [0.5, 0.6) is 11.5 Å². The van der Waals surface area contributed by atoms with Gasteiger partial charge in [0.1, 0.15) is 0 Å². The number of amides is 2. The van der Waals surface area contributed by atoms with Crippen molar-refractivity contribution in [2.24, 2.45) is 0 Å². The molecule has 2 N–H and O–H groups in total. The molecule has 120 valence electrons. The molecule has 0 atom stereocenters. The highest BCUT2D eigenvalue weighted by Crippen LogP contribution is 2.25. The predicted molar refractivity (Wildman–Crippen MR) is 86.6 cm³/mol. The van der Waals surface area contributed by atoms with Crippen molar-refractivity contribution >= 4 is 17.5 Å². The number of methoxy groups -OCH3 is 1. The third-order valence-corrected chi connectivity index (χ3v) is 2.93. The number of benzene rings is 2. The molecule has 0 fully saturated rings. The molecule has 6 nitrogen and oxygen atoms in total. The molecule has 2 aromatic carbocycles. The molecule has 0 radical (unpaired) electrons. The molecular formula is C17H18N2O4. The first-order valence-corrected chi connectivity index (χ1v) is 7.06. The Labute approximate surface area is 134 Å². The first-order chi connectivity index (χ1) is 11.2. The molecule has 0 unspecified atom stereocenters. The van der Waals surface area contributed by atoms with E-state index < -0.39 is 0 Å². The Bertz CT molecular complexity index is 659. The quantitative estimate of drug-likeness (QED) is 0.817. The van der Waals surface area contributed by atoms with Crippen LogP contribution in [0.3, 0.4) is 0 Å². The number of rotatable bonds is 7. The van der Waals surface area contributed by atoms with Gasteiger partial charge in [-0.2, -0.15) is 0 Å². The summed E-state index contributed by atoms with van der Waals surface area (Å²) in [5, 5.41) is 5.17. The van der Waals surface area contributed by atoms with Crippen LogP contribution in [0.15, 0.2) is 54.6 Å². The van der Waals surface area contributed by atoms with Crippen molar-refractivity contribution in [3.05, 3.63) is 54.6 Å². The van der Waals surface area contributed by atoms with Crippen LogP contribution in [0.25, 0.3) is 0 Å². The van der Waals surface area contributed by atoms with Gasteiger partial charge in [-0.05, 0) is 24.3 Å². The zero-order valence-corrected chi connectivity index (χ0v) is 12.7. The van der Waals surface area contributed by atoms with E-state index in [0.29, 0.717) is 17.2 Å². The zero-order valence-electron chi connectivity index (χ0n) is 12.7. The minimum Gasteiger partial charge on any atom is -0.493 e. The topological polar surface area (TPSA) is 76.7 Å². The average Bonchev–Trinajstić information content (AvgIpc) is 2.59. The summed E-state index contributed by atoms with van der Waals surface area (Å²) in [6.07, 6.45) is 0. The normalized spacial score (nSPS) is 9.78. The van der Waals surface area contributed by atoms with E-state index in [1.165, 1.54) is 7.11 Å². The van der Waals surface area contributed by atoms with Gasteiger partial charge in [0.15, 0.2) is 18.1 Å². The summed E-state index contributed by atoms with van der Waals surface area (Å²) in [5.41, 5.74) is 0.678. The Morgan fingerprint density at radius 3 is 2.26 bits per heavy atom. The number of ether oxygens (including phenoxy) is 2. The van der Waals surface area contributed by atoms with Crippen molar-refractivity contribution in [1.29, 1.82) is 0 Å². The molecule has 0 spiro atoms. The van der Waals surface area contributed by atoms with E-state index in [2.05, 4.69) is 10.6 Å². The van der Waals surface area contributed by atoms with E-state index in [4.69, 9.17) is 9.47 Å². The molecule has 0 bridgehead atoms. The van der Waals surface area contributed by atoms with Crippen LogP contribution in [0.4, 0.5) is 5.69 Å². The summed E-state index contributed by atoms with van der Waals surface area (Å²) in [6.45, 7) is -0.317. The fourth-order valence-electron chi connectivity index (χ4n) is 1.84. The largest absolute Gasteiger partial charge is 0.493 e. The van der Waals surface area contributed by atoms with Crippen LogP contribution in [0.2, 0.25) is 0 Å². The Morgan fingerprint density at radius 2 is 1.57 bits per heavy atom. The molecule has 2 amide bonds. The molecule has 0 saturated carbocycles. The fourth-order valence-corrected chi connectivity index (χ4v) is 1.84. The van der Waals surface area contributed by atoms with Crippen LogP contribution in [-0.2, 0) is 9.59 Å². The summed E-state index contributed by atoms with van der Waals surface area (Å²) in [5.74, 6) is 0.321. The van der Waals surface area contributed by atoms with Gasteiger partial charge in [0.05, 0.1) is 13.7 Å². The van der Waals surface area contributed by atoms with E-state index in [1.54, 1.807) is 36.4 Å². The lowest BCUT2D eigenvalue weighted by molar-refractivity contribution is -0.125. The van der Waals surface area contributed by atoms with Crippen molar-refractivity contribution < 1.29 is 19.1 Å². The maximum Gasteiger partial charge on any atom is 0.258 e. The van der Waals surface area contributed by atoms with E-state index in [-0.39, 0.29) is 25.0 Å². The van der Waals surface area contributed by atoms with Crippen molar-refractivity contribution in [2.45, 2.75) is 0 Å². The van der Waals surface area contributed by atoms with Crippen molar-refractivity contribution in [2.75, 3.05) is 25.6 Å². The van der Waals surface area contributed by atoms with E-state index >= 15 is 0 Å². The van der Waals surface area contributed by atoms with Crippen LogP contribution < -0.4 is 20.1 Å². The Kier molecular flexibility index (Phi) is 5.99. The number of anilines is 1. The van der Waals surface area contributed by atoms with Gasteiger partial charge in [-0.3, -0.25) is 9.59 Å². The van der Waals surface area contributed by atoms with Gasteiger partial charge in [-0.25, -0.2) is 0 Å². The van der Waals surface area contributed by atoms with Gasteiger partial charge in [-0.15, -0.1) is 0 Å². The maximum absolute atomic E-state index is 11.7. The molecule has 0 aliphatic heterocycles. The Hall–Kier alpha value is -3.02.